The van der Waals surface area contributed by atoms with Crippen LogP contribution in [0.2, 0.25) is 5.28 Å². The summed E-state index contributed by atoms with van der Waals surface area (Å²) in [4.78, 5) is 30.7. The zero-order valence-corrected chi connectivity index (χ0v) is 17.2. The summed E-state index contributed by atoms with van der Waals surface area (Å²) >= 11 is 6.13. The van der Waals surface area contributed by atoms with Gasteiger partial charge in [-0.15, -0.1) is 0 Å². The van der Waals surface area contributed by atoms with E-state index in [1.165, 1.54) is 12.8 Å². The van der Waals surface area contributed by atoms with Gasteiger partial charge in [0.1, 0.15) is 18.7 Å². The molecular formula is C16H23ClN5O6P. The molecule has 0 amide bonds. The molecule has 0 bridgehead atoms. The molecule has 3 heterocycles. The smallest absolute Gasteiger partial charge is 0.350 e. The van der Waals surface area contributed by atoms with Crippen molar-refractivity contribution in [3.63, 3.8) is 0 Å². The molecule has 0 unspecified atom stereocenters. The Balaban J connectivity index is 1.50. The molecule has 29 heavy (non-hydrogen) atoms. The van der Waals surface area contributed by atoms with Gasteiger partial charge in [0, 0.05) is 12.5 Å². The molecule has 4 rings (SSSR count). The first kappa shape index (κ1) is 20.9. The fourth-order valence-electron chi connectivity index (χ4n) is 3.79. The highest BCUT2D eigenvalue weighted by atomic mass is 35.5. The number of aliphatic hydroxyl groups excluding tert-OH is 1. The summed E-state index contributed by atoms with van der Waals surface area (Å²) in [6, 6.07) is 0.328. The molecule has 11 nitrogen and oxygen atoms in total. The highest BCUT2D eigenvalue weighted by Crippen LogP contribution is 2.36. The fraction of sp³-hybridized carbons (Fsp3) is 0.688. The Kier molecular flexibility index (Phi) is 6.08. The van der Waals surface area contributed by atoms with Crippen LogP contribution in [0.1, 0.15) is 38.3 Å². The summed E-state index contributed by atoms with van der Waals surface area (Å²) in [6.07, 6.45) is 3.42. The minimum Gasteiger partial charge on any atom is -0.390 e. The average Bonchev–Trinajstić information content (AvgIpc) is 3.34. The van der Waals surface area contributed by atoms with Gasteiger partial charge in [-0.25, -0.2) is 4.98 Å². The van der Waals surface area contributed by atoms with E-state index in [0.29, 0.717) is 23.0 Å². The predicted octanol–water partition coefficient (Wildman–Crippen LogP) is 1.63. The lowest BCUT2D eigenvalue weighted by molar-refractivity contribution is -0.0564. The highest BCUT2D eigenvalue weighted by molar-refractivity contribution is 7.51. The van der Waals surface area contributed by atoms with Gasteiger partial charge in [0.05, 0.1) is 19.0 Å². The van der Waals surface area contributed by atoms with Crippen molar-refractivity contribution in [3.8, 4) is 0 Å². The van der Waals surface area contributed by atoms with Crippen molar-refractivity contribution in [3.05, 3.63) is 11.6 Å². The van der Waals surface area contributed by atoms with Crippen LogP contribution in [0.3, 0.4) is 0 Å². The standard InChI is InChI=1S/C16H23ClN5O6P/c17-16-20-14(19-9-3-1-2-4-9)13-15(21-16)22(7-18-13)12-5-10(23)11(28-12)6-27-8-29(24,25)26/h7,9-12,23H,1-6,8H2,(H,19,20,21)(H2,24,25,26)/t10-,11+,12+/m0/s1. The third kappa shape index (κ3) is 4.88. The quantitative estimate of drug-likeness (QED) is 0.364. The van der Waals surface area contributed by atoms with E-state index < -0.39 is 32.4 Å². The molecular weight excluding hydrogens is 425 g/mol. The summed E-state index contributed by atoms with van der Waals surface area (Å²) in [7, 11) is -4.28. The van der Waals surface area contributed by atoms with Gasteiger partial charge in [-0.1, -0.05) is 12.8 Å². The number of halogens is 1. The normalized spacial score (nSPS) is 25.9. The Morgan fingerprint density at radius 1 is 1.34 bits per heavy atom. The fourth-order valence-corrected chi connectivity index (χ4v) is 4.30. The maximum atomic E-state index is 10.9. The van der Waals surface area contributed by atoms with Crippen LogP contribution in [0.15, 0.2) is 6.33 Å². The van der Waals surface area contributed by atoms with Crippen molar-refractivity contribution in [2.24, 2.45) is 0 Å². The van der Waals surface area contributed by atoms with E-state index >= 15 is 0 Å². The van der Waals surface area contributed by atoms with Gasteiger partial charge >= 0.3 is 7.60 Å². The van der Waals surface area contributed by atoms with Crippen LogP contribution in [0, 0.1) is 0 Å². The Labute approximate surface area is 171 Å². The second-order valence-electron chi connectivity index (χ2n) is 7.39. The third-order valence-electron chi connectivity index (χ3n) is 5.15. The molecule has 0 aromatic carbocycles. The molecule has 1 aliphatic carbocycles. The number of ether oxygens (including phenoxy) is 2. The van der Waals surface area contributed by atoms with Crippen molar-refractivity contribution in [2.75, 3.05) is 18.3 Å². The number of nitrogens with one attached hydrogen (secondary N) is 1. The third-order valence-corrected chi connectivity index (χ3v) is 5.83. The Morgan fingerprint density at radius 2 is 2.10 bits per heavy atom. The maximum absolute atomic E-state index is 10.9. The largest absolute Gasteiger partial charge is 0.390 e. The molecule has 3 atom stereocenters. The van der Waals surface area contributed by atoms with E-state index in [9.17, 15) is 9.67 Å². The van der Waals surface area contributed by atoms with Gasteiger partial charge in [0.15, 0.2) is 17.0 Å². The van der Waals surface area contributed by atoms with Gasteiger partial charge in [0.2, 0.25) is 5.28 Å². The van der Waals surface area contributed by atoms with E-state index in [4.69, 9.17) is 30.9 Å². The van der Waals surface area contributed by atoms with Crippen molar-refractivity contribution < 1.29 is 28.9 Å². The molecule has 2 aromatic rings. The van der Waals surface area contributed by atoms with Crippen LogP contribution >= 0.6 is 19.2 Å². The lowest BCUT2D eigenvalue weighted by Gasteiger charge is -2.16. The first-order valence-corrected chi connectivity index (χ1v) is 11.6. The summed E-state index contributed by atoms with van der Waals surface area (Å²) in [5.41, 5.74) is 1.06. The molecule has 4 N–H and O–H groups in total. The Bertz CT molecular complexity index is 917. The molecule has 1 saturated carbocycles. The molecule has 160 valence electrons. The van der Waals surface area contributed by atoms with Gasteiger partial charge < -0.3 is 29.7 Å². The molecule has 2 fully saturated rings. The Hall–Kier alpha value is -1.33. The average molecular weight is 448 g/mol. The van der Waals surface area contributed by atoms with Crippen molar-refractivity contribution in [1.29, 1.82) is 0 Å². The number of imidazole rings is 1. The molecule has 0 radical (unpaired) electrons. The van der Waals surface area contributed by atoms with E-state index in [0.717, 1.165) is 12.8 Å². The minimum absolute atomic E-state index is 0.0832. The topological polar surface area (TPSA) is 152 Å². The van der Waals surface area contributed by atoms with Crippen LogP contribution in [-0.4, -0.2) is 65.6 Å². The highest BCUT2D eigenvalue weighted by Gasteiger charge is 2.36. The van der Waals surface area contributed by atoms with Crippen LogP contribution in [0.25, 0.3) is 11.2 Å². The SMILES string of the molecule is O=P(O)(O)COC[C@H]1O[C@@H](n2cnc3c(NC4CCCC4)nc(Cl)nc32)C[C@@H]1O. The van der Waals surface area contributed by atoms with Gasteiger partial charge in [0.25, 0.3) is 0 Å². The lowest BCUT2D eigenvalue weighted by atomic mass is 10.2. The summed E-state index contributed by atoms with van der Waals surface area (Å²) in [5.74, 6) is 0.575. The minimum atomic E-state index is -4.28. The Morgan fingerprint density at radius 3 is 2.83 bits per heavy atom. The number of fused-ring (bicyclic) bond motifs is 1. The number of aliphatic hydroxyl groups is 1. The number of aromatic nitrogens is 4. The molecule has 1 saturated heterocycles. The van der Waals surface area contributed by atoms with Crippen LogP contribution in [-0.2, 0) is 14.0 Å². The maximum Gasteiger partial charge on any atom is 0.350 e. The van der Waals surface area contributed by atoms with Crippen LogP contribution < -0.4 is 5.32 Å². The molecule has 13 heteroatoms. The molecule has 0 spiro atoms. The van der Waals surface area contributed by atoms with E-state index in [1.807, 2.05) is 0 Å². The van der Waals surface area contributed by atoms with Gasteiger partial charge in [-0.05, 0) is 24.4 Å². The molecule has 2 aliphatic rings. The molecule has 1 aliphatic heterocycles. The second-order valence-corrected chi connectivity index (χ2v) is 9.31. The second kappa shape index (κ2) is 8.43. The molecule has 2 aromatic heterocycles. The summed E-state index contributed by atoms with van der Waals surface area (Å²) < 4.78 is 23.4. The summed E-state index contributed by atoms with van der Waals surface area (Å²) in [5, 5.41) is 13.7. The zero-order chi connectivity index (χ0) is 20.6. The number of nitrogens with zero attached hydrogens (tertiary/aromatic N) is 4. The van der Waals surface area contributed by atoms with Crippen LogP contribution in [0.5, 0.6) is 0 Å². The lowest BCUT2D eigenvalue weighted by Crippen LogP contribution is -2.26. The van der Waals surface area contributed by atoms with E-state index in [-0.39, 0.29) is 18.3 Å². The summed E-state index contributed by atoms with van der Waals surface area (Å²) in [6.45, 7) is -0.139. The monoisotopic (exact) mass is 447 g/mol. The zero-order valence-electron chi connectivity index (χ0n) is 15.5. The van der Waals surface area contributed by atoms with E-state index in [1.54, 1.807) is 10.9 Å². The van der Waals surface area contributed by atoms with Gasteiger partial charge in [-0.3, -0.25) is 9.13 Å². The van der Waals surface area contributed by atoms with Gasteiger partial charge in [-0.2, -0.15) is 9.97 Å². The first-order valence-electron chi connectivity index (χ1n) is 9.42. The van der Waals surface area contributed by atoms with Crippen molar-refractivity contribution >= 4 is 36.2 Å². The number of hydrogen-bond donors (Lipinski definition) is 4. The predicted molar refractivity (Wildman–Crippen MR) is 104 cm³/mol. The first-order chi connectivity index (χ1) is 13.8. The number of hydrogen-bond acceptors (Lipinski definition) is 8. The number of rotatable bonds is 7. The number of anilines is 1. The van der Waals surface area contributed by atoms with E-state index in [2.05, 4.69) is 20.3 Å². The van der Waals surface area contributed by atoms with Crippen LogP contribution in [0.4, 0.5) is 5.82 Å². The van der Waals surface area contributed by atoms with Crippen molar-refractivity contribution in [1.82, 2.24) is 19.5 Å². The van der Waals surface area contributed by atoms with Crippen molar-refractivity contribution in [2.45, 2.75) is 56.6 Å².